The summed E-state index contributed by atoms with van der Waals surface area (Å²) in [5.41, 5.74) is 2.44. The van der Waals surface area contributed by atoms with Gasteiger partial charge in [0.2, 0.25) is 0 Å². The predicted molar refractivity (Wildman–Crippen MR) is 99.8 cm³/mol. The monoisotopic (exact) mass is 347 g/mol. The lowest BCUT2D eigenvalue weighted by Gasteiger charge is -2.28. The fourth-order valence-corrected chi connectivity index (χ4v) is 3.29. The van der Waals surface area contributed by atoms with Crippen LogP contribution in [-0.2, 0) is 11.4 Å². The van der Waals surface area contributed by atoms with Gasteiger partial charge in [0.25, 0.3) is 0 Å². The summed E-state index contributed by atoms with van der Waals surface area (Å²) in [5, 5.41) is 0. The van der Waals surface area contributed by atoms with E-state index in [1.54, 1.807) is 6.07 Å². The predicted octanol–water partition coefficient (Wildman–Crippen LogP) is 5.09. The Kier molecular flexibility index (Phi) is 6.07. The Morgan fingerprint density at radius 2 is 1.62 bits per heavy atom. The van der Waals surface area contributed by atoms with Gasteiger partial charge in [-0.05, 0) is 49.4 Å². The van der Waals surface area contributed by atoms with Gasteiger partial charge in [0, 0.05) is 11.4 Å². The van der Waals surface area contributed by atoms with Crippen LogP contribution in [0.1, 0.15) is 63.3 Å². The smallest absolute Gasteiger partial charge is 0.136 e. The Hall–Kier alpha value is -1.36. The fourth-order valence-electron chi connectivity index (χ4n) is 2.45. The molecular formula is C20H26FNOS. The molecule has 4 heteroatoms. The van der Waals surface area contributed by atoms with E-state index in [0.717, 1.165) is 11.1 Å². The molecule has 0 aromatic heterocycles. The van der Waals surface area contributed by atoms with Crippen molar-refractivity contribution in [1.29, 1.82) is 0 Å². The molecule has 2 rings (SSSR count). The van der Waals surface area contributed by atoms with E-state index in [-0.39, 0.29) is 17.8 Å². The molecule has 24 heavy (non-hydrogen) atoms. The molecule has 0 aliphatic heterocycles. The van der Waals surface area contributed by atoms with Gasteiger partial charge in [-0.1, -0.05) is 56.3 Å². The molecule has 0 saturated carbocycles. The number of benzene rings is 2. The molecule has 0 spiro atoms. The summed E-state index contributed by atoms with van der Waals surface area (Å²) in [6.45, 7) is 9.70. The molecule has 2 nitrogen and oxygen atoms in total. The Labute approximate surface area is 147 Å². The summed E-state index contributed by atoms with van der Waals surface area (Å²) in [4.78, 5) is 0. The minimum atomic E-state index is -1.26. The van der Waals surface area contributed by atoms with Crippen LogP contribution in [0.2, 0.25) is 0 Å². The molecule has 2 aromatic rings. The van der Waals surface area contributed by atoms with Gasteiger partial charge in [-0.3, -0.25) is 0 Å². The van der Waals surface area contributed by atoms with Crippen LogP contribution in [0.4, 0.5) is 4.39 Å². The summed E-state index contributed by atoms with van der Waals surface area (Å²) < 4.78 is 29.8. The molecule has 0 heterocycles. The second kappa shape index (κ2) is 7.68. The van der Waals surface area contributed by atoms with Crippen LogP contribution in [0.15, 0.2) is 48.5 Å². The molecule has 0 bridgehead atoms. The summed E-state index contributed by atoms with van der Waals surface area (Å²) in [7, 11) is 0. The second-order valence-electron chi connectivity index (χ2n) is 7.28. The molecule has 1 N–H and O–H groups in total. The first-order chi connectivity index (χ1) is 11.2. The highest BCUT2D eigenvalue weighted by molar-refractivity contribution is 7.90. The molecule has 0 aliphatic rings. The number of rotatable bonds is 5. The van der Waals surface area contributed by atoms with Crippen molar-refractivity contribution in [3.05, 3.63) is 71.0 Å². The maximum atomic E-state index is 14.4. The number of hydrogen-bond acceptors (Lipinski definition) is 2. The highest BCUT2D eigenvalue weighted by atomic mass is 32.2. The van der Waals surface area contributed by atoms with Gasteiger partial charge in [0.15, 0.2) is 0 Å². The van der Waals surface area contributed by atoms with Crippen LogP contribution in [-0.4, -0.2) is 9.30 Å². The largest absolute Gasteiger partial charge is 0.598 e. The maximum absolute atomic E-state index is 14.4. The molecule has 0 saturated heterocycles. The van der Waals surface area contributed by atoms with Crippen LogP contribution in [0.5, 0.6) is 0 Å². The minimum absolute atomic E-state index is 0.130. The molecule has 2 atom stereocenters. The van der Waals surface area contributed by atoms with Crippen molar-refractivity contribution in [1.82, 2.24) is 4.72 Å². The second-order valence-corrected chi connectivity index (χ2v) is 9.28. The normalized spacial score (nSPS) is 14.7. The third-order valence-corrected chi connectivity index (χ3v) is 5.46. The van der Waals surface area contributed by atoms with E-state index in [9.17, 15) is 8.94 Å². The third-order valence-electron chi connectivity index (χ3n) is 3.89. The van der Waals surface area contributed by atoms with E-state index in [0.29, 0.717) is 5.56 Å². The van der Waals surface area contributed by atoms with Crippen molar-refractivity contribution in [3.63, 3.8) is 0 Å². The SMILES string of the molecule is CC(C)c1ccc([C@@H](N[S+]([O-])C(C)(C)C)c2ccccc2)cc1F. The van der Waals surface area contributed by atoms with Gasteiger partial charge in [-0.2, -0.15) is 0 Å². The fraction of sp³-hybridized carbons (Fsp3) is 0.400. The Balaban J connectivity index is 2.41. The highest BCUT2D eigenvalue weighted by Crippen LogP contribution is 2.28. The van der Waals surface area contributed by atoms with E-state index < -0.39 is 16.1 Å². The number of hydrogen-bond donors (Lipinski definition) is 1. The van der Waals surface area contributed by atoms with Crippen molar-refractivity contribution < 1.29 is 8.94 Å². The minimum Gasteiger partial charge on any atom is -0.598 e. The number of nitrogens with one attached hydrogen (secondary N) is 1. The van der Waals surface area contributed by atoms with Gasteiger partial charge < -0.3 is 4.55 Å². The molecule has 1 unspecified atom stereocenters. The first-order valence-corrected chi connectivity index (χ1v) is 9.37. The quantitative estimate of drug-likeness (QED) is 0.765. The summed E-state index contributed by atoms with van der Waals surface area (Å²) in [5.74, 6) is -0.0855. The average molecular weight is 347 g/mol. The van der Waals surface area contributed by atoms with Gasteiger partial charge in [-0.15, -0.1) is 4.72 Å². The van der Waals surface area contributed by atoms with Crippen LogP contribution >= 0.6 is 0 Å². The summed E-state index contributed by atoms with van der Waals surface area (Å²) in [6.07, 6.45) is 0. The van der Waals surface area contributed by atoms with Gasteiger partial charge in [0.05, 0.1) is 0 Å². The van der Waals surface area contributed by atoms with Crippen LogP contribution < -0.4 is 4.72 Å². The van der Waals surface area contributed by atoms with Gasteiger partial charge >= 0.3 is 0 Å². The standard InChI is InChI=1S/C20H26FNOS/c1-14(2)17-12-11-16(13-18(17)21)19(15-9-7-6-8-10-15)22-24(23)20(3,4)5/h6-14,19,22H,1-5H3/t19-,24?/m0/s1. The zero-order chi connectivity index (χ0) is 17.9. The summed E-state index contributed by atoms with van der Waals surface area (Å²) in [6, 6.07) is 14.7. The first-order valence-electron chi connectivity index (χ1n) is 8.22. The molecule has 130 valence electrons. The molecule has 0 fully saturated rings. The van der Waals surface area contributed by atoms with Crippen LogP contribution in [0.25, 0.3) is 0 Å². The molecule has 0 radical (unpaired) electrons. The van der Waals surface area contributed by atoms with E-state index in [2.05, 4.69) is 4.72 Å². The van der Waals surface area contributed by atoms with Crippen molar-refractivity contribution in [2.45, 2.75) is 51.3 Å². The van der Waals surface area contributed by atoms with Crippen LogP contribution in [0.3, 0.4) is 0 Å². The van der Waals surface area contributed by atoms with Crippen molar-refractivity contribution in [2.75, 3.05) is 0 Å². The van der Waals surface area contributed by atoms with Gasteiger partial charge in [0.1, 0.15) is 16.6 Å². The average Bonchev–Trinajstić information content (AvgIpc) is 2.51. The molecular weight excluding hydrogens is 321 g/mol. The first kappa shape index (κ1) is 19.0. The lowest BCUT2D eigenvalue weighted by atomic mass is 9.95. The van der Waals surface area contributed by atoms with E-state index in [1.165, 1.54) is 0 Å². The molecule has 2 aromatic carbocycles. The molecule has 0 amide bonds. The zero-order valence-electron chi connectivity index (χ0n) is 15.0. The Bertz CT molecular complexity index is 667. The van der Waals surface area contributed by atoms with Gasteiger partial charge in [-0.25, -0.2) is 4.39 Å². The summed E-state index contributed by atoms with van der Waals surface area (Å²) >= 11 is -1.26. The Morgan fingerprint density at radius 3 is 2.12 bits per heavy atom. The van der Waals surface area contributed by atoms with E-state index in [4.69, 9.17) is 0 Å². The van der Waals surface area contributed by atoms with Crippen molar-refractivity contribution in [3.8, 4) is 0 Å². The van der Waals surface area contributed by atoms with Crippen molar-refractivity contribution >= 4 is 11.4 Å². The topological polar surface area (TPSA) is 35.1 Å². The van der Waals surface area contributed by atoms with Crippen LogP contribution in [0, 0.1) is 5.82 Å². The highest BCUT2D eigenvalue weighted by Gasteiger charge is 2.30. The Morgan fingerprint density at radius 1 is 1.00 bits per heavy atom. The van der Waals surface area contributed by atoms with Crippen molar-refractivity contribution in [2.24, 2.45) is 0 Å². The lowest BCUT2D eigenvalue weighted by molar-refractivity contribution is 0.534. The third kappa shape index (κ3) is 4.59. The maximum Gasteiger partial charge on any atom is 0.136 e. The van der Waals surface area contributed by atoms with E-state index >= 15 is 0 Å². The zero-order valence-corrected chi connectivity index (χ0v) is 15.8. The lowest BCUT2D eigenvalue weighted by Crippen LogP contribution is -2.41. The van der Waals surface area contributed by atoms with E-state index in [1.807, 2.05) is 77.1 Å². The number of halogens is 1. The molecule has 0 aliphatic carbocycles.